The first-order chi connectivity index (χ1) is 20.4. The number of hydrogen-bond acceptors (Lipinski definition) is 11. The highest BCUT2D eigenvalue weighted by molar-refractivity contribution is 7.11. The van der Waals surface area contributed by atoms with E-state index < -0.39 is 5.54 Å². The molecule has 0 spiro atoms. The summed E-state index contributed by atoms with van der Waals surface area (Å²) in [5.74, 6) is 0.613. The van der Waals surface area contributed by atoms with Crippen LogP contribution in [0.4, 0.5) is 6.01 Å². The van der Waals surface area contributed by atoms with Gasteiger partial charge >= 0.3 is 6.01 Å². The van der Waals surface area contributed by atoms with E-state index in [1.807, 2.05) is 52.2 Å². The Kier molecular flexibility index (Phi) is 5.39. The average molecular weight is 579 g/mol. The minimum absolute atomic E-state index is 0.308. The van der Waals surface area contributed by atoms with Gasteiger partial charge in [-0.05, 0) is 35.8 Å². The molecule has 8 rings (SSSR count). The van der Waals surface area contributed by atoms with Gasteiger partial charge < -0.3 is 18.9 Å². The second kappa shape index (κ2) is 9.39. The third-order valence-corrected chi connectivity index (χ3v) is 8.25. The Morgan fingerprint density at radius 1 is 0.829 bits per heavy atom. The van der Waals surface area contributed by atoms with Crippen LogP contribution in [0.2, 0.25) is 0 Å². The van der Waals surface area contributed by atoms with Crippen molar-refractivity contribution in [2.75, 3.05) is 4.90 Å². The number of thiazole rings is 1. The van der Waals surface area contributed by atoms with Crippen LogP contribution in [0.3, 0.4) is 0 Å². The number of nitrogens with zero attached hydrogens (tertiary/aromatic N) is 7. The van der Waals surface area contributed by atoms with Crippen LogP contribution in [-0.2, 0) is 5.54 Å². The Hall–Kier alpha value is -5.34. The van der Waals surface area contributed by atoms with Crippen molar-refractivity contribution in [1.29, 1.82) is 0 Å². The molecule has 200 valence electrons. The average Bonchev–Trinajstić information content (AvgIpc) is 3.87. The molecule has 8 heterocycles. The van der Waals surface area contributed by atoms with Crippen molar-refractivity contribution < 1.29 is 8.94 Å². The number of hydrogen-bond donors (Lipinski definition) is 3. The van der Waals surface area contributed by atoms with Crippen molar-refractivity contribution in [2.24, 2.45) is 0 Å². The van der Waals surface area contributed by atoms with Gasteiger partial charge in [0.15, 0.2) is 5.54 Å². The van der Waals surface area contributed by atoms with Crippen molar-refractivity contribution in [2.45, 2.75) is 5.54 Å². The van der Waals surface area contributed by atoms with Crippen LogP contribution in [0.1, 0.15) is 33.6 Å². The van der Waals surface area contributed by atoms with Crippen molar-refractivity contribution in [3.63, 3.8) is 0 Å². The summed E-state index contributed by atoms with van der Waals surface area (Å²) >= 11 is 2.87. The van der Waals surface area contributed by atoms with Gasteiger partial charge in [0.2, 0.25) is 0 Å². The van der Waals surface area contributed by atoms with Gasteiger partial charge in [-0.25, -0.2) is 15.0 Å². The van der Waals surface area contributed by atoms with Gasteiger partial charge in [0.1, 0.15) is 29.1 Å². The highest BCUT2D eigenvalue weighted by atomic mass is 32.1. The Balaban J connectivity index is 1.66. The van der Waals surface area contributed by atoms with E-state index in [0.717, 1.165) is 38.8 Å². The number of H-pyrrole nitrogens is 3. The molecule has 0 saturated carbocycles. The predicted molar refractivity (Wildman–Crippen MR) is 152 cm³/mol. The zero-order chi connectivity index (χ0) is 27.2. The molecule has 0 fully saturated rings. The maximum Gasteiger partial charge on any atom is 0.303 e. The normalized spacial score (nSPS) is 17.6. The summed E-state index contributed by atoms with van der Waals surface area (Å²) in [6, 6.07) is 9.98. The van der Waals surface area contributed by atoms with Crippen molar-refractivity contribution in [1.82, 2.24) is 44.6 Å². The van der Waals surface area contributed by atoms with Crippen LogP contribution in [0.5, 0.6) is 0 Å². The lowest BCUT2D eigenvalue weighted by atomic mass is 9.72. The fraction of sp³-hybridized carbons (Fsp3) is 0.0370. The van der Waals surface area contributed by atoms with E-state index in [2.05, 4.69) is 30.3 Å². The molecule has 1 atom stereocenters. The minimum Gasteiger partial charge on any atom is -0.432 e. The lowest BCUT2D eigenvalue weighted by molar-refractivity contribution is 0.416. The van der Waals surface area contributed by atoms with Gasteiger partial charge in [-0.15, -0.1) is 11.3 Å². The minimum atomic E-state index is -1.20. The topological polar surface area (TPSA) is 154 Å². The van der Waals surface area contributed by atoms with E-state index in [-0.39, 0.29) is 0 Å². The number of aromatic nitrogens is 9. The van der Waals surface area contributed by atoms with Crippen LogP contribution >= 0.6 is 22.9 Å². The standard InChI is InChI=1S/C27H18N10O2S2/c1-2-18(28-6-1)27(19-3-7-33-34-19)22(24-29-8-9-30-24)20(16-5-14-41-36-16)21(25-31-11-15-40-25)23(17-4-12-39-35-17)37(27)26-32-10-13-38-26/h1-15,28H,(H,29,30)(H,33,34). The first-order valence-electron chi connectivity index (χ1n) is 12.4. The Morgan fingerprint density at radius 3 is 2.49 bits per heavy atom. The van der Waals surface area contributed by atoms with Crippen LogP contribution in [0.15, 0.2) is 99.7 Å². The van der Waals surface area contributed by atoms with Gasteiger partial charge in [-0.1, -0.05) is 5.16 Å². The predicted octanol–water partition coefficient (Wildman–Crippen LogP) is 5.29. The van der Waals surface area contributed by atoms with Crippen molar-refractivity contribution >= 4 is 51.3 Å². The molecule has 0 aliphatic carbocycles. The second-order valence-corrected chi connectivity index (χ2v) is 10.5. The highest BCUT2D eigenvalue weighted by Crippen LogP contribution is 2.59. The molecule has 1 aliphatic heterocycles. The van der Waals surface area contributed by atoms with E-state index in [1.165, 1.54) is 35.4 Å². The highest BCUT2D eigenvalue weighted by Gasteiger charge is 2.56. The van der Waals surface area contributed by atoms with Gasteiger partial charge in [0.25, 0.3) is 0 Å². The number of oxazole rings is 1. The number of aromatic amines is 3. The van der Waals surface area contributed by atoms with E-state index in [0.29, 0.717) is 23.2 Å². The Bertz CT molecular complexity index is 1880. The van der Waals surface area contributed by atoms with Crippen LogP contribution in [-0.4, -0.2) is 44.6 Å². The van der Waals surface area contributed by atoms with Crippen molar-refractivity contribution in [3.05, 3.63) is 124 Å². The summed E-state index contributed by atoms with van der Waals surface area (Å²) in [5, 5.41) is 16.7. The molecule has 0 bridgehead atoms. The Labute approximate surface area is 239 Å². The summed E-state index contributed by atoms with van der Waals surface area (Å²) < 4.78 is 16.4. The maximum atomic E-state index is 6.10. The molecule has 3 N–H and O–H groups in total. The largest absolute Gasteiger partial charge is 0.432 e. The molecule has 7 aromatic heterocycles. The molecule has 12 nitrogen and oxygen atoms in total. The van der Waals surface area contributed by atoms with Crippen molar-refractivity contribution in [3.8, 4) is 0 Å². The molecule has 0 radical (unpaired) electrons. The lowest BCUT2D eigenvalue weighted by Gasteiger charge is -2.47. The van der Waals surface area contributed by atoms with Gasteiger partial charge in [0.05, 0.1) is 29.0 Å². The fourth-order valence-corrected chi connectivity index (χ4v) is 6.68. The number of nitrogens with one attached hydrogen (secondary N) is 3. The summed E-state index contributed by atoms with van der Waals surface area (Å²) in [4.78, 5) is 23.1. The molecule has 41 heavy (non-hydrogen) atoms. The van der Waals surface area contributed by atoms with Crippen LogP contribution in [0.25, 0.3) is 22.4 Å². The second-order valence-electron chi connectivity index (χ2n) is 8.93. The molecule has 14 heteroatoms. The van der Waals surface area contributed by atoms with E-state index >= 15 is 0 Å². The van der Waals surface area contributed by atoms with E-state index in [9.17, 15) is 0 Å². The van der Waals surface area contributed by atoms with Gasteiger partial charge in [-0.2, -0.15) is 9.47 Å². The first kappa shape index (κ1) is 23.5. The van der Waals surface area contributed by atoms with E-state index in [1.54, 1.807) is 31.0 Å². The summed E-state index contributed by atoms with van der Waals surface area (Å²) in [6.07, 6.45) is 13.6. The summed E-state index contributed by atoms with van der Waals surface area (Å²) in [5.41, 5.74) is 4.61. The SMILES string of the molecule is c1c[nH]c(C2(c3ccn[nH]3)C(c3ncc[nH]3)=C(c3ccsn3)C(c3nccs3)=C(c3ccon3)N2c2ncco2)c1. The first-order valence-corrected chi connectivity index (χ1v) is 14.1. The van der Waals surface area contributed by atoms with Crippen LogP contribution < -0.4 is 4.90 Å². The number of allylic oxidation sites excluding steroid dienone is 2. The van der Waals surface area contributed by atoms with Crippen LogP contribution in [0, 0.1) is 0 Å². The summed E-state index contributed by atoms with van der Waals surface area (Å²) in [7, 11) is 0. The third kappa shape index (κ3) is 3.44. The lowest BCUT2D eigenvalue weighted by Crippen LogP contribution is -2.51. The zero-order valence-electron chi connectivity index (χ0n) is 20.9. The quantitative estimate of drug-likeness (QED) is 0.229. The molecule has 0 saturated heterocycles. The molecule has 0 aromatic carbocycles. The molecule has 0 amide bonds. The molecule has 1 aliphatic rings. The smallest absolute Gasteiger partial charge is 0.303 e. The molecule has 7 aromatic rings. The number of rotatable bonds is 7. The zero-order valence-corrected chi connectivity index (χ0v) is 22.6. The van der Waals surface area contributed by atoms with Gasteiger partial charge in [-0.3, -0.25) is 10.00 Å². The maximum absolute atomic E-state index is 6.10. The summed E-state index contributed by atoms with van der Waals surface area (Å²) in [6.45, 7) is 0. The van der Waals surface area contributed by atoms with Gasteiger partial charge in [0, 0.05) is 64.5 Å². The fourth-order valence-electron chi connectivity index (χ4n) is 5.47. The molecule has 1 unspecified atom stereocenters. The number of anilines is 1. The molecular weight excluding hydrogens is 560 g/mol. The Morgan fingerprint density at radius 2 is 1.83 bits per heavy atom. The van der Waals surface area contributed by atoms with E-state index in [4.69, 9.17) is 23.3 Å². The number of imidazole rings is 1. The monoisotopic (exact) mass is 578 g/mol. The molecular formula is C27H18N10O2S2. The third-order valence-electron chi connectivity index (χ3n) is 6.90.